The maximum absolute atomic E-state index is 4.35. The van der Waals surface area contributed by atoms with Crippen molar-refractivity contribution in [2.24, 2.45) is 0 Å². The van der Waals surface area contributed by atoms with Gasteiger partial charge in [-0.1, -0.05) is 0 Å². The Morgan fingerprint density at radius 3 is 2.75 bits per heavy atom. The summed E-state index contributed by atoms with van der Waals surface area (Å²) in [6.07, 6.45) is 3.65. The van der Waals surface area contributed by atoms with Gasteiger partial charge in [0.1, 0.15) is 16.6 Å². The van der Waals surface area contributed by atoms with Gasteiger partial charge in [0.25, 0.3) is 0 Å². The second-order valence-electron chi connectivity index (χ2n) is 3.66. The number of aryl methyl sites for hydroxylation is 2. The van der Waals surface area contributed by atoms with Gasteiger partial charge in [-0.3, -0.25) is 0 Å². The van der Waals surface area contributed by atoms with Crippen molar-refractivity contribution in [3.05, 3.63) is 34.2 Å². The van der Waals surface area contributed by atoms with Crippen LogP contribution in [0.5, 0.6) is 0 Å². The summed E-state index contributed by atoms with van der Waals surface area (Å²) < 4.78 is 0. The third kappa shape index (κ3) is 2.55. The van der Waals surface area contributed by atoms with Gasteiger partial charge in [0.2, 0.25) is 0 Å². The molecule has 0 radical (unpaired) electrons. The van der Waals surface area contributed by atoms with Crippen LogP contribution in [0.2, 0.25) is 0 Å². The number of hydrogen-bond donors (Lipinski definition) is 1. The predicted molar refractivity (Wildman–Crippen MR) is 65.7 cm³/mol. The van der Waals surface area contributed by atoms with Crippen LogP contribution in [0.1, 0.15) is 28.7 Å². The van der Waals surface area contributed by atoms with Gasteiger partial charge in [-0.15, -0.1) is 11.3 Å². The number of hydrogen-bond acceptors (Lipinski definition) is 5. The lowest BCUT2D eigenvalue weighted by atomic mass is 10.3. The Bertz CT molecular complexity index is 480. The smallest absolute Gasteiger partial charge is 0.130 e. The molecule has 0 aromatic carbocycles. The highest BCUT2D eigenvalue weighted by atomic mass is 32.1. The summed E-state index contributed by atoms with van der Waals surface area (Å²) in [5, 5.41) is 4.39. The molecule has 0 aliphatic rings. The van der Waals surface area contributed by atoms with Crippen LogP contribution in [0, 0.1) is 13.8 Å². The summed E-state index contributed by atoms with van der Waals surface area (Å²) in [7, 11) is 0. The zero-order valence-electron chi connectivity index (χ0n) is 9.56. The van der Waals surface area contributed by atoms with E-state index in [-0.39, 0.29) is 6.04 Å². The average Bonchev–Trinajstić information content (AvgIpc) is 2.65. The average molecular weight is 234 g/mol. The summed E-state index contributed by atoms with van der Waals surface area (Å²) >= 11 is 1.70. The van der Waals surface area contributed by atoms with Crippen molar-refractivity contribution in [3.8, 4) is 0 Å². The third-order valence-electron chi connectivity index (χ3n) is 2.15. The Morgan fingerprint density at radius 1 is 1.31 bits per heavy atom. The summed E-state index contributed by atoms with van der Waals surface area (Å²) in [5.41, 5.74) is 0. The molecule has 16 heavy (non-hydrogen) atoms. The van der Waals surface area contributed by atoms with Crippen LogP contribution in [0.15, 0.2) is 18.5 Å². The molecule has 0 aliphatic carbocycles. The van der Waals surface area contributed by atoms with Gasteiger partial charge in [-0.25, -0.2) is 15.0 Å². The Morgan fingerprint density at radius 2 is 2.12 bits per heavy atom. The van der Waals surface area contributed by atoms with Crippen LogP contribution in [-0.4, -0.2) is 15.0 Å². The minimum Gasteiger partial charge on any atom is -0.361 e. The van der Waals surface area contributed by atoms with Gasteiger partial charge in [-0.05, 0) is 26.8 Å². The molecular weight excluding hydrogens is 220 g/mol. The number of thiazole rings is 1. The van der Waals surface area contributed by atoms with Gasteiger partial charge in [0.05, 0.1) is 6.04 Å². The quantitative estimate of drug-likeness (QED) is 0.887. The fraction of sp³-hybridized carbons (Fsp3) is 0.364. The van der Waals surface area contributed by atoms with Crippen LogP contribution in [0.3, 0.4) is 0 Å². The van der Waals surface area contributed by atoms with E-state index in [4.69, 9.17) is 0 Å². The fourth-order valence-corrected chi connectivity index (χ4v) is 2.17. The number of nitrogens with zero attached hydrogens (tertiary/aromatic N) is 3. The Labute approximate surface area is 98.8 Å². The maximum Gasteiger partial charge on any atom is 0.130 e. The van der Waals surface area contributed by atoms with E-state index in [0.29, 0.717) is 0 Å². The van der Waals surface area contributed by atoms with Gasteiger partial charge in [-0.2, -0.15) is 0 Å². The highest BCUT2D eigenvalue weighted by Gasteiger charge is 2.09. The van der Waals surface area contributed by atoms with Crippen LogP contribution < -0.4 is 5.32 Å². The Balaban J connectivity index is 2.10. The lowest BCUT2D eigenvalue weighted by Crippen LogP contribution is -2.08. The highest BCUT2D eigenvalue weighted by molar-refractivity contribution is 7.11. The highest BCUT2D eigenvalue weighted by Crippen LogP contribution is 2.22. The van der Waals surface area contributed by atoms with Crippen LogP contribution in [0.25, 0.3) is 0 Å². The molecule has 2 rings (SSSR count). The van der Waals surface area contributed by atoms with Gasteiger partial charge in [0.15, 0.2) is 0 Å². The first-order valence-corrected chi connectivity index (χ1v) is 5.95. The third-order valence-corrected chi connectivity index (χ3v) is 3.25. The molecule has 1 N–H and O–H groups in total. The largest absolute Gasteiger partial charge is 0.361 e. The maximum atomic E-state index is 4.35. The second-order valence-corrected chi connectivity index (χ2v) is 4.93. The lowest BCUT2D eigenvalue weighted by Gasteiger charge is -2.11. The molecule has 1 atom stereocenters. The van der Waals surface area contributed by atoms with E-state index in [9.17, 15) is 0 Å². The molecule has 0 amide bonds. The van der Waals surface area contributed by atoms with Crippen molar-refractivity contribution < 1.29 is 0 Å². The van der Waals surface area contributed by atoms with Crippen molar-refractivity contribution in [1.82, 2.24) is 15.0 Å². The van der Waals surface area contributed by atoms with E-state index in [1.165, 1.54) is 4.88 Å². The first-order valence-electron chi connectivity index (χ1n) is 5.13. The van der Waals surface area contributed by atoms with E-state index >= 15 is 0 Å². The van der Waals surface area contributed by atoms with E-state index in [1.54, 1.807) is 17.5 Å². The SMILES string of the molecule is Cc1nccc(NC(C)c2ncc(C)s2)n1. The molecule has 0 spiro atoms. The molecule has 0 aliphatic heterocycles. The van der Waals surface area contributed by atoms with Crippen molar-refractivity contribution in [2.45, 2.75) is 26.8 Å². The summed E-state index contributed by atoms with van der Waals surface area (Å²) in [5.74, 6) is 1.61. The molecule has 2 aromatic heterocycles. The van der Waals surface area contributed by atoms with Gasteiger partial charge >= 0.3 is 0 Å². The molecule has 84 valence electrons. The molecule has 0 fully saturated rings. The van der Waals surface area contributed by atoms with E-state index in [2.05, 4.69) is 34.1 Å². The molecule has 0 bridgehead atoms. The normalized spacial score (nSPS) is 12.4. The van der Waals surface area contributed by atoms with Crippen molar-refractivity contribution in [2.75, 3.05) is 5.32 Å². The molecule has 4 nitrogen and oxygen atoms in total. The first kappa shape index (κ1) is 11.0. The molecule has 1 unspecified atom stereocenters. The number of rotatable bonds is 3. The second kappa shape index (κ2) is 4.57. The molecule has 5 heteroatoms. The summed E-state index contributed by atoms with van der Waals surface area (Å²) in [6.45, 7) is 6.02. The topological polar surface area (TPSA) is 50.7 Å². The molecule has 0 saturated carbocycles. The van der Waals surface area contributed by atoms with Crippen LogP contribution >= 0.6 is 11.3 Å². The number of aromatic nitrogens is 3. The zero-order chi connectivity index (χ0) is 11.5. The van der Waals surface area contributed by atoms with Gasteiger partial charge < -0.3 is 5.32 Å². The standard InChI is InChI=1S/C11H14N4S/c1-7-6-13-11(16-7)8(2)14-10-4-5-12-9(3)15-10/h4-6,8H,1-3H3,(H,12,14,15). The summed E-state index contributed by atoms with van der Waals surface area (Å²) in [4.78, 5) is 13.9. The van der Waals surface area contributed by atoms with Crippen LogP contribution in [-0.2, 0) is 0 Å². The van der Waals surface area contributed by atoms with Crippen LogP contribution in [0.4, 0.5) is 5.82 Å². The van der Waals surface area contributed by atoms with Gasteiger partial charge in [0, 0.05) is 17.3 Å². The molecule has 0 saturated heterocycles. The van der Waals surface area contributed by atoms with Crippen molar-refractivity contribution in [1.29, 1.82) is 0 Å². The monoisotopic (exact) mass is 234 g/mol. The van der Waals surface area contributed by atoms with Crippen molar-refractivity contribution >= 4 is 17.2 Å². The Hall–Kier alpha value is -1.49. The predicted octanol–water partition coefficient (Wildman–Crippen LogP) is 2.72. The molecule has 2 heterocycles. The first-order chi connectivity index (χ1) is 7.65. The van der Waals surface area contributed by atoms with Crippen molar-refractivity contribution in [3.63, 3.8) is 0 Å². The molecule has 2 aromatic rings. The van der Waals surface area contributed by atoms with E-state index < -0.39 is 0 Å². The zero-order valence-corrected chi connectivity index (χ0v) is 10.4. The minimum atomic E-state index is 0.174. The Kier molecular flexibility index (Phi) is 3.14. The number of anilines is 1. The molecular formula is C11H14N4S. The van der Waals surface area contributed by atoms with E-state index in [0.717, 1.165) is 16.6 Å². The summed E-state index contributed by atoms with van der Waals surface area (Å²) in [6, 6.07) is 2.04. The number of nitrogens with one attached hydrogen (secondary N) is 1. The lowest BCUT2D eigenvalue weighted by molar-refractivity contribution is 0.854. The van der Waals surface area contributed by atoms with E-state index in [1.807, 2.05) is 19.2 Å². The fourth-order valence-electron chi connectivity index (χ4n) is 1.39. The minimum absolute atomic E-state index is 0.174.